The third-order valence-electron chi connectivity index (χ3n) is 5.45. The standard InChI is InChI=1S/C23H20N2O4S/c1-14-4-7-16(8-5-14)25-21(26)12-17(22(25)20-3-2-10-30-20)23(27)24-15-6-9-18-19(11-15)29-13-28-18/h2-11,17,22H,12-13H2,1H3,(H,24,27)/t17-,22+/m0/s1. The fourth-order valence-corrected chi connectivity index (χ4v) is 4.85. The molecule has 30 heavy (non-hydrogen) atoms. The summed E-state index contributed by atoms with van der Waals surface area (Å²) in [5.74, 6) is 0.527. The van der Waals surface area contributed by atoms with Crippen LogP contribution >= 0.6 is 11.3 Å². The number of aryl methyl sites for hydroxylation is 1. The summed E-state index contributed by atoms with van der Waals surface area (Å²) in [7, 11) is 0. The summed E-state index contributed by atoms with van der Waals surface area (Å²) >= 11 is 1.56. The van der Waals surface area contributed by atoms with E-state index in [1.54, 1.807) is 34.4 Å². The van der Waals surface area contributed by atoms with E-state index in [-0.39, 0.29) is 31.1 Å². The summed E-state index contributed by atoms with van der Waals surface area (Å²) in [6.45, 7) is 2.18. The number of anilines is 2. The minimum absolute atomic E-state index is 0.0527. The molecule has 2 aromatic carbocycles. The Morgan fingerprint density at radius 1 is 1.10 bits per heavy atom. The number of amides is 2. The predicted molar refractivity (Wildman–Crippen MR) is 115 cm³/mol. The van der Waals surface area contributed by atoms with Crippen LogP contribution in [0.1, 0.15) is 22.9 Å². The molecule has 2 amide bonds. The summed E-state index contributed by atoms with van der Waals surface area (Å²) in [5, 5.41) is 4.93. The maximum absolute atomic E-state index is 13.2. The van der Waals surface area contributed by atoms with Crippen LogP contribution < -0.4 is 19.7 Å². The molecule has 3 heterocycles. The van der Waals surface area contributed by atoms with Crippen molar-refractivity contribution in [2.24, 2.45) is 5.92 Å². The first-order valence-electron chi connectivity index (χ1n) is 9.73. The topological polar surface area (TPSA) is 67.9 Å². The van der Waals surface area contributed by atoms with Gasteiger partial charge < -0.3 is 19.7 Å². The lowest BCUT2D eigenvalue weighted by molar-refractivity contribution is -0.122. The van der Waals surface area contributed by atoms with Gasteiger partial charge >= 0.3 is 0 Å². The molecule has 1 saturated heterocycles. The number of benzene rings is 2. The quantitative estimate of drug-likeness (QED) is 0.674. The van der Waals surface area contributed by atoms with E-state index in [2.05, 4.69) is 5.32 Å². The van der Waals surface area contributed by atoms with Gasteiger partial charge in [-0.2, -0.15) is 0 Å². The maximum Gasteiger partial charge on any atom is 0.231 e. The SMILES string of the molecule is Cc1ccc(N2C(=O)C[C@H](C(=O)Nc3ccc4c(c3)OCO4)[C@@H]2c2cccs2)cc1. The summed E-state index contributed by atoms with van der Waals surface area (Å²) in [6.07, 6.45) is 0.160. The highest BCUT2D eigenvalue weighted by molar-refractivity contribution is 7.10. The lowest BCUT2D eigenvalue weighted by Crippen LogP contribution is -2.31. The number of ether oxygens (including phenoxy) is 2. The normalized spacial score (nSPS) is 19.9. The minimum atomic E-state index is -0.497. The molecule has 0 spiro atoms. The molecule has 0 aliphatic carbocycles. The van der Waals surface area contributed by atoms with Crippen molar-refractivity contribution in [3.63, 3.8) is 0 Å². The molecular formula is C23H20N2O4S. The van der Waals surface area contributed by atoms with Crippen LogP contribution in [0, 0.1) is 12.8 Å². The first-order valence-corrected chi connectivity index (χ1v) is 10.6. The number of nitrogens with one attached hydrogen (secondary N) is 1. The molecule has 1 fully saturated rings. The Kier molecular flexibility index (Phi) is 4.67. The number of hydrogen-bond donors (Lipinski definition) is 1. The Labute approximate surface area is 178 Å². The van der Waals surface area contributed by atoms with Crippen molar-refractivity contribution in [2.75, 3.05) is 17.0 Å². The summed E-state index contributed by atoms with van der Waals surface area (Å²) in [4.78, 5) is 29.0. The van der Waals surface area contributed by atoms with Crippen LogP contribution in [0.25, 0.3) is 0 Å². The Hall–Kier alpha value is -3.32. The van der Waals surface area contributed by atoms with Gasteiger partial charge in [-0.05, 0) is 42.6 Å². The molecule has 1 aromatic heterocycles. The zero-order valence-electron chi connectivity index (χ0n) is 16.3. The highest BCUT2D eigenvalue weighted by Crippen LogP contribution is 2.43. The maximum atomic E-state index is 13.2. The third-order valence-corrected chi connectivity index (χ3v) is 6.39. The minimum Gasteiger partial charge on any atom is -0.454 e. The van der Waals surface area contributed by atoms with Gasteiger partial charge in [0.25, 0.3) is 0 Å². The number of hydrogen-bond acceptors (Lipinski definition) is 5. The van der Waals surface area contributed by atoms with E-state index in [4.69, 9.17) is 9.47 Å². The Bertz CT molecular complexity index is 1090. The van der Waals surface area contributed by atoms with Crippen molar-refractivity contribution in [3.05, 3.63) is 70.4 Å². The van der Waals surface area contributed by atoms with Crippen LogP contribution in [0.15, 0.2) is 60.0 Å². The van der Waals surface area contributed by atoms with E-state index >= 15 is 0 Å². The predicted octanol–water partition coefficient (Wildman–Crippen LogP) is 4.52. The summed E-state index contributed by atoms with van der Waals surface area (Å²) < 4.78 is 10.7. The Balaban J connectivity index is 1.45. The lowest BCUT2D eigenvalue weighted by Gasteiger charge is -2.27. The number of fused-ring (bicyclic) bond motifs is 1. The highest BCUT2D eigenvalue weighted by Gasteiger charge is 2.45. The number of carbonyl (C=O) groups is 2. The second-order valence-corrected chi connectivity index (χ2v) is 8.41. The summed E-state index contributed by atoms with van der Waals surface area (Å²) in [6, 6.07) is 16.7. The van der Waals surface area contributed by atoms with E-state index in [1.165, 1.54) is 0 Å². The molecule has 6 nitrogen and oxygen atoms in total. The fourth-order valence-electron chi connectivity index (χ4n) is 3.97. The first-order chi connectivity index (χ1) is 14.6. The van der Waals surface area contributed by atoms with Crippen molar-refractivity contribution >= 4 is 34.5 Å². The second kappa shape index (κ2) is 7.50. The van der Waals surface area contributed by atoms with E-state index in [0.29, 0.717) is 17.2 Å². The average molecular weight is 420 g/mol. The molecule has 2 aliphatic heterocycles. The molecular weight excluding hydrogens is 400 g/mol. The van der Waals surface area contributed by atoms with Crippen LogP contribution in [-0.4, -0.2) is 18.6 Å². The van der Waals surface area contributed by atoms with Crippen LogP contribution in [0.3, 0.4) is 0 Å². The molecule has 0 radical (unpaired) electrons. The van der Waals surface area contributed by atoms with E-state index in [0.717, 1.165) is 16.1 Å². The van der Waals surface area contributed by atoms with Gasteiger partial charge in [0.05, 0.1) is 12.0 Å². The van der Waals surface area contributed by atoms with E-state index in [1.807, 2.05) is 48.7 Å². The molecule has 1 N–H and O–H groups in total. The van der Waals surface area contributed by atoms with Crippen molar-refractivity contribution in [1.29, 1.82) is 0 Å². The molecule has 7 heteroatoms. The summed E-state index contributed by atoms with van der Waals surface area (Å²) in [5.41, 5.74) is 2.55. The molecule has 0 saturated carbocycles. The van der Waals surface area contributed by atoms with Gasteiger partial charge in [0.15, 0.2) is 11.5 Å². The average Bonchev–Trinajstić information content (AvgIpc) is 3.47. The molecule has 2 aliphatic rings. The zero-order valence-corrected chi connectivity index (χ0v) is 17.1. The van der Waals surface area contributed by atoms with Crippen molar-refractivity contribution < 1.29 is 19.1 Å². The number of carbonyl (C=O) groups excluding carboxylic acids is 2. The van der Waals surface area contributed by atoms with Gasteiger partial charge in [0.2, 0.25) is 18.6 Å². The molecule has 0 unspecified atom stereocenters. The van der Waals surface area contributed by atoms with E-state index in [9.17, 15) is 9.59 Å². The van der Waals surface area contributed by atoms with E-state index < -0.39 is 5.92 Å². The largest absolute Gasteiger partial charge is 0.454 e. The van der Waals surface area contributed by atoms with Gasteiger partial charge in [0.1, 0.15) is 0 Å². The first kappa shape index (κ1) is 18.7. The second-order valence-electron chi connectivity index (χ2n) is 7.43. The molecule has 2 atom stereocenters. The molecule has 3 aromatic rings. The number of rotatable bonds is 4. The Morgan fingerprint density at radius 2 is 1.90 bits per heavy atom. The smallest absolute Gasteiger partial charge is 0.231 e. The van der Waals surface area contributed by atoms with Gasteiger partial charge in [-0.3, -0.25) is 9.59 Å². The van der Waals surface area contributed by atoms with Crippen LogP contribution in [0.4, 0.5) is 11.4 Å². The number of nitrogens with zero attached hydrogens (tertiary/aromatic N) is 1. The van der Waals surface area contributed by atoms with Gasteiger partial charge in [-0.1, -0.05) is 23.8 Å². The van der Waals surface area contributed by atoms with Crippen LogP contribution in [-0.2, 0) is 9.59 Å². The van der Waals surface area contributed by atoms with Crippen LogP contribution in [0.5, 0.6) is 11.5 Å². The van der Waals surface area contributed by atoms with Gasteiger partial charge in [0, 0.05) is 28.7 Å². The Morgan fingerprint density at radius 3 is 2.67 bits per heavy atom. The molecule has 5 rings (SSSR count). The lowest BCUT2D eigenvalue weighted by atomic mass is 9.97. The monoisotopic (exact) mass is 420 g/mol. The molecule has 152 valence electrons. The third kappa shape index (κ3) is 3.31. The zero-order chi connectivity index (χ0) is 20.7. The van der Waals surface area contributed by atoms with Crippen molar-refractivity contribution in [3.8, 4) is 11.5 Å². The van der Waals surface area contributed by atoms with Gasteiger partial charge in [-0.15, -0.1) is 11.3 Å². The highest BCUT2D eigenvalue weighted by atomic mass is 32.1. The van der Waals surface area contributed by atoms with Gasteiger partial charge in [-0.25, -0.2) is 0 Å². The van der Waals surface area contributed by atoms with Crippen LogP contribution in [0.2, 0.25) is 0 Å². The fraction of sp³-hybridized carbons (Fsp3) is 0.217. The number of thiophene rings is 1. The van der Waals surface area contributed by atoms with Crippen molar-refractivity contribution in [1.82, 2.24) is 0 Å². The molecule has 0 bridgehead atoms. The van der Waals surface area contributed by atoms with Crippen molar-refractivity contribution in [2.45, 2.75) is 19.4 Å².